The van der Waals surface area contributed by atoms with Crippen molar-refractivity contribution >= 4 is 23.2 Å². The van der Waals surface area contributed by atoms with Crippen LogP contribution in [0.25, 0.3) is 0 Å². The smallest absolute Gasteiger partial charge is 0.0624 e. The molecule has 1 aromatic rings. The average molecular weight is 261 g/mol. The highest BCUT2D eigenvalue weighted by atomic mass is 35.5. The van der Waals surface area contributed by atoms with Crippen molar-refractivity contribution in [1.29, 1.82) is 0 Å². The predicted octanol–water partition coefficient (Wildman–Crippen LogP) is 4.33. The number of aliphatic hydroxyl groups excluding tert-OH is 1. The van der Waals surface area contributed by atoms with E-state index in [4.69, 9.17) is 23.2 Å². The summed E-state index contributed by atoms with van der Waals surface area (Å²) in [7, 11) is 0. The zero-order chi connectivity index (χ0) is 12.1. The Morgan fingerprint density at radius 1 is 1.25 bits per heavy atom. The molecule has 1 aromatic carbocycles. The molecule has 0 saturated heterocycles. The summed E-state index contributed by atoms with van der Waals surface area (Å²) in [5.74, 6) is 0.518. The summed E-state index contributed by atoms with van der Waals surface area (Å²) in [5, 5.41) is 11.0. The van der Waals surface area contributed by atoms with Crippen LogP contribution in [-0.2, 0) is 6.42 Å². The minimum atomic E-state index is -0.255. The Morgan fingerprint density at radius 2 is 1.94 bits per heavy atom. The number of benzene rings is 1. The quantitative estimate of drug-likeness (QED) is 0.836. The largest absolute Gasteiger partial charge is 0.393 e. The lowest BCUT2D eigenvalue weighted by Crippen LogP contribution is -2.11. The fraction of sp³-hybridized carbons (Fsp3) is 0.538. The van der Waals surface area contributed by atoms with Crippen LogP contribution >= 0.6 is 23.2 Å². The fourth-order valence-electron chi connectivity index (χ4n) is 1.73. The maximum absolute atomic E-state index is 9.77. The molecule has 1 N–H and O–H groups in total. The molecule has 16 heavy (non-hydrogen) atoms. The van der Waals surface area contributed by atoms with Gasteiger partial charge >= 0.3 is 0 Å². The van der Waals surface area contributed by atoms with E-state index < -0.39 is 0 Å². The minimum Gasteiger partial charge on any atom is -0.393 e. The van der Waals surface area contributed by atoms with E-state index in [-0.39, 0.29) is 6.10 Å². The van der Waals surface area contributed by atoms with Gasteiger partial charge in [0.1, 0.15) is 0 Å². The number of hydrogen-bond donors (Lipinski definition) is 1. The van der Waals surface area contributed by atoms with Gasteiger partial charge < -0.3 is 5.11 Å². The van der Waals surface area contributed by atoms with Gasteiger partial charge in [-0.2, -0.15) is 0 Å². The van der Waals surface area contributed by atoms with Gasteiger partial charge in [0.05, 0.1) is 16.1 Å². The van der Waals surface area contributed by atoms with Crippen molar-refractivity contribution < 1.29 is 5.11 Å². The first-order chi connectivity index (χ1) is 7.50. The molecule has 1 nitrogen and oxygen atoms in total. The lowest BCUT2D eigenvalue weighted by molar-refractivity contribution is 0.140. The van der Waals surface area contributed by atoms with Crippen LogP contribution in [0.3, 0.4) is 0 Å². The number of halogens is 2. The van der Waals surface area contributed by atoms with Crippen molar-refractivity contribution in [3.8, 4) is 0 Å². The molecule has 0 bridgehead atoms. The lowest BCUT2D eigenvalue weighted by atomic mass is 10.00. The van der Waals surface area contributed by atoms with Crippen LogP contribution in [-0.4, -0.2) is 11.2 Å². The first-order valence-corrected chi connectivity index (χ1v) is 6.37. The predicted molar refractivity (Wildman–Crippen MR) is 70.2 cm³/mol. The molecule has 0 aliphatic heterocycles. The third kappa shape index (κ3) is 4.32. The molecule has 90 valence electrons. The van der Waals surface area contributed by atoms with Gasteiger partial charge in [-0.15, -0.1) is 0 Å². The molecule has 1 rings (SSSR count). The normalized spacial score (nSPS) is 13.1. The summed E-state index contributed by atoms with van der Waals surface area (Å²) in [5.41, 5.74) is 1.01. The van der Waals surface area contributed by atoms with E-state index in [9.17, 15) is 5.11 Å². The Balaban J connectivity index is 2.51. The van der Waals surface area contributed by atoms with Crippen LogP contribution in [0.15, 0.2) is 18.2 Å². The Bertz CT molecular complexity index is 337. The molecule has 3 heteroatoms. The van der Waals surface area contributed by atoms with Gasteiger partial charge in [0.25, 0.3) is 0 Å². The maximum atomic E-state index is 9.77. The molecule has 1 unspecified atom stereocenters. The van der Waals surface area contributed by atoms with Crippen molar-refractivity contribution in [1.82, 2.24) is 0 Å². The molecular formula is C13H18Cl2O. The van der Waals surface area contributed by atoms with Crippen LogP contribution in [0.5, 0.6) is 0 Å². The molecule has 0 aromatic heterocycles. The summed E-state index contributed by atoms with van der Waals surface area (Å²) in [6, 6.07) is 5.62. The van der Waals surface area contributed by atoms with E-state index in [2.05, 4.69) is 13.8 Å². The number of hydrogen-bond acceptors (Lipinski definition) is 1. The first kappa shape index (κ1) is 13.8. The average Bonchev–Trinajstić information content (AvgIpc) is 2.19. The summed E-state index contributed by atoms with van der Waals surface area (Å²) >= 11 is 12.0. The highest BCUT2D eigenvalue weighted by Crippen LogP contribution is 2.26. The maximum Gasteiger partial charge on any atom is 0.0624 e. The molecule has 0 aliphatic carbocycles. The topological polar surface area (TPSA) is 20.2 Å². The molecule has 0 heterocycles. The number of aryl methyl sites for hydroxylation is 1. The zero-order valence-corrected chi connectivity index (χ0v) is 11.2. The Labute approximate surface area is 107 Å². The summed E-state index contributed by atoms with van der Waals surface area (Å²) in [6.07, 6.45) is 2.08. The molecule has 0 saturated carbocycles. The van der Waals surface area contributed by atoms with Crippen LogP contribution < -0.4 is 0 Å². The van der Waals surface area contributed by atoms with E-state index in [1.165, 1.54) is 0 Å². The summed E-state index contributed by atoms with van der Waals surface area (Å²) < 4.78 is 0. The second-order valence-corrected chi connectivity index (χ2v) is 5.32. The van der Waals surface area contributed by atoms with Gasteiger partial charge in [-0.3, -0.25) is 0 Å². The van der Waals surface area contributed by atoms with Crippen molar-refractivity contribution in [2.45, 2.75) is 39.2 Å². The van der Waals surface area contributed by atoms with Crippen LogP contribution in [0.1, 0.15) is 32.3 Å². The van der Waals surface area contributed by atoms with E-state index in [0.717, 1.165) is 24.8 Å². The third-order valence-corrected chi connectivity index (χ3v) is 3.38. The Kier molecular flexibility index (Phi) is 5.60. The van der Waals surface area contributed by atoms with Gasteiger partial charge in [0.2, 0.25) is 0 Å². The lowest BCUT2D eigenvalue weighted by Gasteiger charge is -2.13. The van der Waals surface area contributed by atoms with Crippen molar-refractivity contribution in [3.63, 3.8) is 0 Å². The number of aliphatic hydroxyl groups is 1. The fourth-order valence-corrected chi connectivity index (χ4v) is 2.14. The van der Waals surface area contributed by atoms with Crippen LogP contribution in [0.2, 0.25) is 10.0 Å². The second kappa shape index (κ2) is 6.48. The standard InChI is InChI=1S/C13H18Cl2O/c1-9(2)8-11(16)7-6-10-4-3-5-12(14)13(10)15/h3-5,9,11,16H,6-8H2,1-2H3. The molecular weight excluding hydrogens is 243 g/mol. The van der Waals surface area contributed by atoms with Crippen LogP contribution in [0.4, 0.5) is 0 Å². The highest BCUT2D eigenvalue weighted by molar-refractivity contribution is 6.42. The van der Waals surface area contributed by atoms with Gasteiger partial charge in [0, 0.05) is 0 Å². The SMILES string of the molecule is CC(C)CC(O)CCc1cccc(Cl)c1Cl. The monoisotopic (exact) mass is 260 g/mol. The van der Waals surface area contributed by atoms with Crippen LogP contribution in [0, 0.1) is 5.92 Å². The third-order valence-electron chi connectivity index (χ3n) is 2.52. The van der Waals surface area contributed by atoms with Gasteiger partial charge in [0.15, 0.2) is 0 Å². The van der Waals surface area contributed by atoms with Gasteiger partial charge in [-0.25, -0.2) is 0 Å². The van der Waals surface area contributed by atoms with Crippen molar-refractivity contribution in [2.24, 2.45) is 5.92 Å². The molecule has 0 radical (unpaired) electrons. The first-order valence-electron chi connectivity index (χ1n) is 5.61. The highest BCUT2D eigenvalue weighted by Gasteiger charge is 2.09. The minimum absolute atomic E-state index is 0.255. The summed E-state index contributed by atoms with van der Waals surface area (Å²) in [6.45, 7) is 4.21. The van der Waals surface area contributed by atoms with Gasteiger partial charge in [-0.05, 0) is 36.8 Å². The van der Waals surface area contributed by atoms with E-state index in [0.29, 0.717) is 16.0 Å². The molecule has 1 atom stereocenters. The Hall–Kier alpha value is -0.240. The van der Waals surface area contributed by atoms with Crippen molar-refractivity contribution in [3.05, 3.63) is 33.8 Å². The van der Waals surface area contributed by atoms with E-state index in [1.807, 2.05) is 12.1 Å². The molecule has 0 amide bonds. The molecule has 0 spiro atoms. The second-order valence-electron chi connectivity index (χ2n) is 4.53. The summed E-state index contributed by atoms with van der Waals surface area (Å²) in [4.78, 5) is 0. The zero-order valence-electron chi connectivity index (χ0n) is 9.71. The van der Waals surface area contributed by atoms with E-state index in [1.54, 1.807) is 6.07 Å². The molecule has 0 fully saturated rings. The van der Waals surface area contributed by atoms with Gasteiger partial charge in [-0.1, -0.05) is 49.2 Å². The van der Waals surface area contributed by atoms with E-state index >= 15 is 0 Å². The molecule has 0 aliphatic rings. The number of rotatable bonds is 5. The van der Waals surface area contributed by atoms with Crippen molar-refractivity contribution in [2.75, 3.05) is 0 Å². The Morgan fingerprint density at radius 3 is 2.56 bits per heavy atom.